The number of hydrogen-bond donors (Lipinski definition) is 1. The maximum absolute atomic E-state index is 13.3. The lowest BCUT2D eigenvalue weighted by atomic mass is 10.1. The van der Waals surface area contributed by atoms with Gasteiger partial charge in [-0.25, -0.2) is 8.42 Å². The highest BCUT2D eigenvalue weighted by molar-refractivity contribution is 7.92. The number of carbonyl (C=O) groups is 2. The van der Waals surface area contributed by atoms with Gasteiger partial charge < -0.3 is 5.32 Å². The van der Waals surface area contributed by atoms with Gasteiger partial charge in [0, 0.05) is 0 Å². The minimum absolute atomic E-state index is 0.162. The predicted octanol–water partition coefficient (Wildman–Crippen LogP) is 2.44. The molecule has 2 aromatic carbocycles. The van der Waals surface area contributed by atoms with E-state index in [2.05, 4.69) is 5.32 Å². The number of sulfonamides is 1. The summed E-state index contributed by atoms with van der Waals surface area (Å²) in [7, 11) is -3.74. The quantitative estimate of drug-likeness (QED) is 0.853. The van der Waals surface area contributed by atoms with Crippen molar-refractivity contribution in [3.63, 3.8) is 0 Å². The molecule has 3 rings (SSSR count). The summed E-state index contributed by atoms with van der Waals surface area (Å²) in [5, 5.41) is 2.72. The first-order valence-corrected chi connectivity index (χ1v) is 10.7. The molecule has 28 heavy (non-hydrogen) atoms. The summed E-state index contributed by atoms with van der Waals surface area (Å²) < 4.78 is 26.2. The number of fused-ring (bicyclic) bond motifs is 1. The van der Waals surface area contributed by atoms with Crippen LogP contribution in [-0.4, -0.2) is 39.1 Å². The maximum Gasteiger partial charge on any atom is 0.251 e. The zero-order valence-corrected chi connectivity index (χ0v) is 17.1. The fourth-order valence-corrected chi connectivity index (χ4v) is 4.48. The second-order valence-electron chi connectivity index (χ2n) is 6.99. The molecule has 0 bridgehead atoms. The molecule has 8 heteroatoms. The van der Waals surface area contributed by atoms with Crippen molar-refractivity contribution in [1.29, 1.82) is 0 Å². The van der Waals surface area contributed by atoms with Crippen molar-refractivity contribution < 1.29 is 18.0 Å². The van der Waals surface area contributed by atoms with Gasteiger partial charge in [-0.3, -0.25) is 18.8 Å². The SMILES string of the molecule is Cc1ccc(N([C@H](C)C(=O)N2CC(=O)Nc3ccccc32)S(C)(=O)=O)cc1C. The number of amides is 2. The van der Waals surface area contributed by atoms with E-state index < -0.39 is 22.0 Å². The monoisotopic (exact) mass is 401 g/mol. The Bertz CT molecular complexity index is 1050. The number of benzene rings is 2. The second kappa shape index (κ2) is 7.27. The van der Waals surface area contributed by atoms with Crippen molar-refractivity contribution in [3.05, 3.63) is 53.6 Å². The van der Waals surface area contributed by atoms with Crippen LogP contribution in [0.4, 0.5) is 17.1 Å². The normalized spacial score (nSPS) is 14.9. The van der Waals surface area contributed by atoms with Crippen LogP contribution in [0.5, 0.6) is 0 Å². The van der Waals surface area contributed by atoms with Crippen LogP contribution < -0.4 is 14.5 Å². The lowest BCUT2D eigenvalue weighted by Gasteiger charge is -2.35. The van der Waals surface area contributed by atoms with Gasteiger partial charge >= 0.3 is 0 Å². The van der Waals surface area contributed by atoms with Gasteiger partial charge in [-0.05, 0) is 56.2 Å². The smallest absolute Gasteiger partial charge is 0.251 e. The number of carbonyl (C=O) groups excluding carboxylic acids is 2. The number of hydrogen-bond acceptors (Lipinski definition) is 4. The summed E-state index contributed by atoms with van der Waals surface area (Å²) in [5.41, 5.74) is 3.44. The third-order valence-corrected chi connectivity index (χ3v) is 6.09. The van der Waals surface area contributed by atoms with Crippen molar-refractivity contribution in [3.8, 4) is 0 Å². The van der Waals surface area contributed by atoms with E-state index in [0.717, 1.165) is 21.7 Å². The lowest BCUT2D eigenvalue weighted by molar-refractivity contribution is -0.122. The number of aryl methyl sites for hydroxylation is 2. The van der Waals surface area contributed by atoms with Crippen LogP contribution in [0.1, 0.15) is 18.1 Å². The van der Waals surface area contributed by atoms with Crippen molar-refractivity contribution in [2.24, 2.45) is 0 Å². The number of nitrogens with one attached hydrogen (secondary N) is 1. The highest BCUT2D eigenvalue weighted by atomic mass is 32.2. The molecule has 0 aliphatic carbocycles. The van der Waals surface area contributed by atoms with Gasteiger partial charge in [-0.15, -0.1) is 0 Å². The van der Waals surface area contributed by atoms with Gasteiger partial charge in [0.25, 0.3) is 5.91 Å². The fraction of sp³-hybridized carbons (Fsp3) is 0.300. The summed E-state index contributed by atoms with van der Waals surface area (Å²) in [5.74, 6) is -0.790. The molecule has 0 aromatic heterocycles. The molecular weight excluding hydrogens is 378 g/mol. The molecule has 0 spiro atoms. The fourth-order valence-electron chi connectivity index (χ4n) is 3.32. The van der Waals surface area contributed by atoms with Crippen LogP contribution >= 0.6 is 0 Å². The van der Waals surface area contributed by atoms with Crippen molar-refractivity contribution in [2.45, 2.75) is 26.8 Å². The molecule has 0 saturated heterocycles. The van der Waals surface area contributed by atoms with E-state index in [0.29, 0.717) is 17.1 Å². The number of rotatable bonds is 4. The van der Waals surface area contributed by atoms with Gasteiger partial charge in [-0.1, -0.05) is 18.2 Å². The molecule has 2 amide bonds. The average molecular weight is 401 g/mol. The van der Waals surface area contributed by atoms with Crippen LogP contribution in [0.3, 0.4) is 0 Å². The lowest BCUT2D eigenvalue weighted by Crippen LogP contribution is -2.52. The molecule has 1 aliphatic heterocycles. The van der Waals surface area contributed by atoms with Crippen molar-refractivity contribution in [1.82, 2.24) is 0 Å². The summed E-state index contributed by atoms with van der Waals surface area (Å²) >= 11 is 0. The minimum atomic E-state index is -3.74. The zero-order chi connectivity index (χ0) is 20.6. The van der Waals surface area contributed by atoms with Gasteiger partial charge in [-0.2, -0.15) is 0 Å². The molecule has 0 saturated carbocycles. The molecular formula is C20H23N3O4S. The second-order valence-corrected chi connectivity index (χ2v) is 8.85. The summed E-state index contributed by atoms with van der Waals surface area (Å²) in [4.78, 5) is 26.6. The summed E-state index contributed by atoms with van der Waals surface area (Å²) in [6.45, 7) is 5.19. The Morgan fingerprint density at radius 2 is 1.82 bits per heavy atom. The van der Waals surface area contributed by atoms with Crippen LogP contribution in [0.15, 0.2) is 42.5 Å². The number of anilines is 3. The van der Waals surface area contributed by atoms with E-state index in [4.69, 9.17) is 0 Å². The van der Waals surface area contributed by atoms with Crippen LogP contribution in [0.25, 0.3) is 0 Å². The standard InChI is InChI=1S/C20H23N3O4S/c1-13-9-10-16(11-14(13)2)23(28(4,26)27)15(3)20(25)22-12-19(24)21-17-7-5-6-8-18(17)22/h5-11,15H,12H2,1-4H3,(H,21,24)/t15-/m1/s1. The number of para-hydroxylation sites is 2. The molecule has 0 radical (unpaired) electrons. The molecule has 1 heterocycles. The van der Waals surface area contributed by atoms with E-state index >= 15 is 0 Å². The topological polar surface area (TPSA) is 86.8 Å². The van der Waals surface area contributed by atoms with Gasteiger partial charge in [0.1, 0.15) is 12.6 Å². The highest BCUT2D eigenvalue weighted by Crippen LogP contribution is 2.31. The van der Waals surface area contributed by atoms with E-state index in [1.807, 2.05) is 19.9 Å². The van der Waals surface area contributed by atoms with Crippen LogP contribution in [0.2, 0.25) is 0 Å². The summed E-state index contributed by atoms with van der Waals surface area (Å²) in [6.07, 6.45) is 1.07. The average Bonchev–Trinajstić information content (AvgIpc) is 2.62. The molecule has 1 N–H and O–H groups in total. The highest BCUT2D eigenvalue weighted by Gasteiger charge is 2.35. The predicted molar refractivity (Wildman–Crippen MR) is 110 cm³/mol. The first-order valence-electron chi connectivity index (χ1n) is 8.86. The Hall–Kier alpha value is -2.87. The third-order valence-electron chi connectivity index (χ3n) is 4.85. The molecule has 2 aromatic rings. The van der Waals surface area contributed by atoms with Crippen molar-refractivity contribution in [2.75, 3.05) is 27.3 Å². The van der Waals surface area contributed by atoms with Gasteiger partial charge in [0.2, 0.25) is 15.9 Å². The summed E-state index contributed by atoms with van der Waals surface area (Å²) in [6, 6.07) is 11.2. The number of nitrogens with zero attached hydrogens (tertiary/aromatic N) is 2. The Kier molecular flexibility index (Phi) is 5.16. The van der Waals surface area contributed by atoms with Gasteiger partial charge in [0.15, 0.2) is 0 Å². The molecule has 1 atom stereocenters. The van der Waals surface area contributed by atoms with E-state index in [9.17, 15) is 18.0 Å². The Labute approximate surface area is 165 Å². The van der Waals surface area contributed by atoms with Crippen LogP contribution in [0, 0.1) is 13.8 Å². The Balaban J connectivity index is 2.02. The molecule has 0 unspecified atom stereocenters. The van der Waals surface area contributed by atoms with Crippen molar-refractivity contribution >= 4 is 38.9 Å². The molecule has 0 fully saturated rings. The van der Waals surface area contributed by atoms with E-state index in [1.165, 1.54) is 11.8 Å². The first kappa shape index (κ1) is 19.9. The minimum Gasteiger partial charge on any atom is -0.323 e. The van der Waals surface area contributed by atoms with E-state index in [1.54, 1.807) is 36.4 Å². The first-order chi connectivity index (χ1) is 13.1. The van der Waals surface area contributed by atoms with Gasteiger partial charge in [0.05, 0.1) is 23.3 Å². The Morgan fingerprint density at radius 3 is 2.46 bits per heavy atom. The maximum atomic E-state index is 13.3. The van der Waals surface area contributed by atoms with Crippen LogP contribution in [-0.2, 0) is 19.6 Å². The third kappa shape index (κ3) is 3.73. The van der Waals surface area contributed by atoms with E-state index in [-0.39, 0.29) is 12.5 Å². The largest absolute Gasteiger partial charge is 0.323 e. The zero-order valence-electron chi connectivity index (χ0n) is 16.3. The Morgan fingerprint density at radius 1 is 1.14 bits per heavy atom. The molecule has 1 aliphatic rings. The molecule has 7 nitrogen and oxygen atoms in total. The molecule has 148 valence electrons.